The summed E-state index contributed by atoms with van der Waals surface area (Å²) in [6.07, 6.45) is 4.05. The first-order chi connectivity index (χ1) is 8.66. The van der Waals surface area contributed by atoms with Crippen LogP contribution in [0.15, 0.2) is 41.5 Å². The SMILES string of the molecule is Cn1ccnc(NCCc2ccc(Cl)cc2)c1=O. The molecule has 0 bridgehead atoms. The van der Waals surface area contributed by atoms with Crippen LogP contribution in [0.4, 0.5) is 5.82 Å². The molecular formula is C13H14ClN3O. The number of nitrogens with zero attached hydrogens (tertiary/aromatic N) is 2. The lowest BCUT2D eigenvalue weighted by molar-refractivity contribution is 0.837. The minimum Gasteiger partial charge on any atom is -0.365 e. The third-order valence-electron chi connectivity index (χ3n) is 2.64. The molecule has 0 fully saturated rings. The van der Waals surface area contributed by atoms with Crippen LogP contribution in [-0.2, 0) is 13.5 Å². The lowest BCUT2D eigenvalue weighted by atomic mass is 10.1. The van der Waals surface area contributed by atoms with E-state index in [9.17, 15) is 4.79 Å². The van der Waals surface area contributed by atoms with Gasteiger partial charge in [-0.15, -0.1) is 0 Å². The van der Waals surface area contributed by atoms with Crippen LogP contribution in [0.25, 0.3) is 0 Å². The largest absolute Gasteiger partial charge is 0.365 e. The summed E-state index contributed by atoms with van der Waals surface area (Å²) >= 11 is 5.81. The number of benzene rings is 1. The Hall–Kier alpha value is -1.81. The third kappa shape index (κ3) is 3.11. The minimum absolute atomic E-state index is 0.117. The first-order valence-corrected chi connectivity index (χ1v) is 6.04. The Balaban J connectivity index is 1.94. The maximum absolute atomic E-state index is 11.7. The molecular weight excluding hydrogens is 250 g/mol. The van der Waals surface area contributed by atoms with Gasteiger partial charge in [0.2, 0.25) is 0 Å². The summed E-state index contributed by atoms with van der Waals surface area (Å²) in [7, 11) is 1.70. The van der Waals surface area contributed by atoms with Gasteiger partial charge in [-0.3, -0.25) is 4.79 Å². The van der Waals surface area contributed by atoms with E-state index in [4.69, 9.17) is 11.6 Å². The van der Waals surface area contributed by atoms with Gasteiger partial charge in [0.1, 0.15) is 0 Å². The molecule has 0 saturated heterocycles. The highest BCUT2D eigenvalue weighted by Crippen LogP contribution is 2.09. The van der Waals surface area contributed by atoms with Crippen molar-refractivity contribution in [1.82, 2.24) is 9.55 Å². The summed E-state index contributed by atoms with van der Waals surface area (Å²) in [4.78, 5) is 15.7. The van der Waals surface area contributed by atoms with Gasteiger partial charge >= 0.3 is 0 Å². The van der Waals surface area contributed by atoms with Crippen molar-refractivity contribution in [2.45, 2.75) is 6.42 Å². The molecule has 2 aromatic rings. The number of halogens is 1. The predicted octanol–water partition coefficient (Wildman–Crippen LogP) is 2.09. The molecule has 1 N–H and O–H groups in total. The van der Waals surface area contributed by atoms with E-state index < -0.39 is 0 Å². The third-order valence-corrected chi connectivity index (χ3v) is 2.89. The van der Waals surface area contributed by atoms with Crippen LogP contribution >= 0.6 is 11.6 Å². The molecule has 0 saturated carbocycles. The molecule has 0 aliphatic carbocycles. The van der Waals surface area contributed by atoms with E-state index in [1.54, 1.807) is 19.4 Å². The minimum atomic E-state index is -0.117. The summed E-state index contributed by atoms with van der Waals surface area (Å²) < 4.78 is 1.50. The number of aromatic nitrogens is 2. The number of anilines is 1. The second kappa shape index (κ2) is 5.69. The Morgan fingerprint density at radius 2 is 2.06 bits per heavy atom. The maximum Gasteiger partial charge on any atom is 0.293 e. The van der Waals surface area contributed by atoms with Crippen molar-refractivity contribution in [2.75, 3.05) is 11.9 Å². The first kappa shape index (κ1) is 12.6. The zero-order valence-electron chi connectivity index (χ0n) is 10.1. The molecule has 0 spiro atoms. The van der Waals surface area contributed by atoms with Crippen molar-refractivity contribution in [2.24, 2.45) is 7.05 Å². The standard InChI is InChI=1S/C13H14ClN3O/c1-17-9-8-16-12(13(17)18)15-7-6-10-2-4-11(14)5-3-10/h2-5,8-9H,6-7H2,1H3,(H,15,16). The number of rotatable bonds is 4. The van der Waals surface area contributed by atoms with E-state index in [0.29, 0.717) is 12.4 Å². The topological polar surface area (TPSA) is 46.9 Å². The monoisotopic (exact) mass is 263 g/mol. The van der Waals surface area contributed by atoms with Crippen molar-refractivity contribution in [1.29, 1.82) is 0 Å². The Bertz CT molecular complexity index is 578. The van der Waals surface area contributed by atoms with Crippen molar-refractivity contribution in [3.05, 3.63) is 57.6 Å². The molecule has 94 valence electrons. The molecule has 0 aliphatic heterocycles. The summed E-state index contributed by atoms with van der Waals surface area (Å²) in [6, 6.07) is 7.66. The van der Waals surface area contributed by atoms with Crippen LogP contribution < -0.4 is 10.9 Å². The van der Waals surface area contributed by atoms with E-state index in [1.807, 2.05) is 24.3 Å². The molecule has 0 radical (unpaired) electrons. The van der Waals surface area contributed by atoms with E-state index in [0.717, 1.165) is 11.4 Å². The van der Waals surface area contributed by atoms with Gasteiger partial charge < -0.3 is 9.88 Å². The van der Waals surface area contributed by atoms with E-state index in [1.165, 1.54) is 10.1 Å². The van der Waals surface area contributed by atoms with Gasteiger partial charge in [0, 0.05) is 31.0 Å². The van der Waals surface area contributed by atoms with Gasteiger partial charge in [-0.25, -0.2) is 4.98 Å². The summed E-state index contributed by atoms with van der Waals surface area (Å²) in [5, 5.41) is 3.77. The van der Waals surface area contributed by atoms with E-state index in [2.05, 4.69) is 10.3 Å². The lowest BCUT2D eigenvalue weighted by Crippen LogP contribution is -2.22. The average Bonchev–Trinajstić information content (AvgIpc) is 2.37. The second-order valence-electron chi connectivity index (χ2n) is 4.00. The van der Waals surface area contributed by atoms with Crippen LogP contribution in [0.2, 0.25) is 5.02 Å². The molecule has 0 amide bonds. The lowest BCUT2D eigenvalue weighted by Gasteiger charge is -2.06. The average molecular weight is 264 g/mol. The number of aryl methyl sites for hydroxylation is 1. The second-order valence-corrected chi connectivity index (χ2v) is 4.43. The van der Waals surface area contributed by atoms with Crippen molar-refractivity contribution in [3.8, 4) is 0 Å². The molecule has 0 unspecified atom stereocenters. The zero-order valence-corrected chi connectivity index (χ0v) is 10.8. The Labute approximate surface area is 110 Å². The molecule has 0 aliphatic rings. The molecule has 1 aromatic carbocycles. The van der Waals surface area contributed by atoms with Crippen LogP contribution in [0.5, 0.6) is 0 Å². The van der Waals surface area contributed by atoms with E-state index in [-0.39, 0.29) is 5.56 Å². The van der Waals surface area contributed by atoms with Gasteiger partial charge in [-0.2, -0.15) is 0 Å². The highest BCUT2D eigenvalue weighted by atomic mass is 35.5. The van der Waals surface area contributed by atoms with E-state index >= 15 is 0 Å². The Morgan fingerprint density at radius 3 is 2.78 bits per heavy atom. The fourth-order valence-electron chi connectivity index (χ4n) is 1.60. The van der Waals surface area contributed by atoms with Gasteiger partial charge in [0.15, 0.2) is 5.82 Å². The van der Waals surface area contributed by atoms with Crippen LogP contribution in [0, 0.1) is 0 Å². The normalized spacial score (nSPS) is 10.3. The van der Waals surface area contributed by atoms with Crippen LogP contribution in [0.3, 0.4) is 0 Å². The van der Waals surface area contributed by atoms with Gasteiger partial charge in [-0.05, 0) is 24.1 Å². The quantitative estimate of drug-likeness (QED) is 0.919. The van der Waals surface area contributed by atoms with Gasteiger partial charge in [-0.1, -0.05) is 23.7 Å². The van der Waals surface area contributed by atoms with Gasteiger partial charge in [0.05, 0.1) is 0 Å². The maximum atomic E-state index is 11.7. The van der Waals surface area contributed by atoms with Crippen molar-refractivity contribution < 1.29 is 0 Å². The molecule has 4 nitrogen and oxygen atoms in total. The first-order valence-electron chi connectivity index (χ1n) is 5.67. The fraction of sp³-hybridized carbons (Fsp3) is 0.231. The molecule has 0 atom stereocenters. The van der Waals surface area contributed by atoms with Gasteiger partial charge in [0.25, 0.3) is 5.56 Å². The number of hydrogen-bond acceptors (Lipinski definition) is 3. The molecule has 2 rings (SSSR count). The van der Waals surface area contributed by atoms with Crippen LogP contribution in [0.1, 0.15) is 5.56 Å². The summed E-state index contributed by atoms with van der Waals surface area (Å²) in [6.45, 7) is 0.661. The van der Waals surface area contributed by atoms with Crippen molar-refractivity contribution >= 4 is 17.4 Å². The van der Waals surface area contributed by atoms with Crippen molar-refractivity contribution in [3.63, 3.8) is 0 Å². The summed E-state index contributed by atoms with van der Waals surface area (Å²) in [5.74, 6) is 0.383. The highest BCUT2D eigenvalue weighted by molar-refractivity contribution is 6.30. The molecule has 1 heterocycles. The fourth-order valence-corrected chi connectivity index (χ4v) is 1.72. The number of nitrogens with one attached hydrogen (secondary N) is 1. The van der Waals surface area contributed by atoms with Crippen LogP contribution in [-0.4, -0.2) is 16.1 Å². The summed E-state index contributed by atoms with van der Waals surface area (Å²) in [5.41, 5.74) is 1.05. The molecule has 1 aromatic heterocycles. The molecule has 5 heteroatoms. The zero-order chi connectivity index (χ0) is 13.0. The highest BCUT2D eigenvalue weighted by Gasteiger charge is 2.01. The molecule has 18 heavy (non-hydrogen) atoms. The Kier molecular flexibility index (Phi) is 3.99. The number of hydrogen-bond donors (Lipinski definition) is 1. The Morgan fingerprint density at radius 1 is 1.33 bits per heavy atom. The predicted molar refractivity (Wildman–Crippen MR) is 73.1 cm³/mol. The smallest absolute Gasteiger partial charge is 0.293 e.